The summed E-state index contributed by atoms with van der Waals surface area (Å²) < 4.78 is 7.28. The number of anilines is 2. The van der Waals surface area contributed by atoms with Crippen molar-refractivity contribution in [3.63, 3.8) is 0 Å². The molecule has 0 unspecified atom stereocenters. The second-order valence-electron chi connectivity index (χ2n) is 8.84. The molecule has 0 aliphatic rings. The molecule has 0 saturated heterocycles. The molecule has 1 amide bonds. The monoisotopic (exact) mass is 536 g/mol. The molecule has 0 radical (unpaired) electrons. The van der Waals surface area contributed by atoms with E-state index in [1.54, 1.807) is 72.6 Å². The van der Waals surface area contributed by atoms with Crippen LogP contribution in [0.25, 0.3) is 5.69 Å². The second-order valence-corrected chi connectivity index (χ2v) is 9.28. The third kappa shape index (κ3) is 6.17. The third-order valence-corrected chi connectivity index (χ3v) is 6.23. The zero-order valence-corrected chi connectivity index (χ0v) is 21.9. The molecule has 0 bridgehead atoms. The molecule has 39 heavy (non-hydrogen) atoms. The summed E-state index contributed by atoms with van der Waals surface area (Å²) in [4.78, 5) is 28.5. The number of ether oxygens (including phenoxy) is 1. The Bertz CT molecular complexity index is 1640. The van der Waals surface area contributed by atoms with E-state index in [1.807, 2.05) is 48.5 Å². The number of hydrogen-bond donors (Lipinski definition) is 1. The fourth-order valence-corrected chi connectivity index (χ4v) is 4.16. The average molecular weight is 537 g/mol. The molecule has 8 heteroatoms. The number of nitrogens with one attached hydrogen (secondary N) is 1. The first-order chi connectivity index (χ1) is 19.0. The summed E-state index contributed by atoms with van der Waals surface area (Å²) in [6, 6.07) is 32.7. The quantitative estimate of drug-likeness (QED) is 0.239. The minimum absolute atomic E-state index is 0.142. The highest BCUT2D eigenvalue weighted by Gasteiger charge is 2.17. The molecule has 7 nitrogen and oxygen atoms in total. The summed E-state index contributed by atoms with van der Waals surface area (Å²) in [6.45, 7) is 0.475. The lowest BCUT2D eigenvalue weighted by molar-refractivity contribution is 0.0785. The lowest BCUT2D eigenvalue weighted by Crippen LogP contribution is -2.26. The van der Waals surface area contributed by atoms with Crippen molar-refractivity contribution in [2.45, 2.75) is 6.54 Å². The van der Waals surface area contributed by atoms with Crippen molar-refractivity contribution in [1.29, 1.82) is 0 Å². The molecule has 1 heterocycles. The van der Waals surface area contributed by atoms with Crippen LogP contribution < -0.4 is 15.6 Å². The molecular weight excluding hydrogens is 512 g/mol. The van der Waals surface area contributed by atoms with Crippen molar-refractivity contribution in [2.24, 2.45) is 0 Å². The molecule has 0 saturated carbocycles. The lowest BCUT2D eigenvalue weighted by Gasteiger charge is -2.18. The average Bonchev–Trinajstić information content (AvgIpc) is 2.96. The second kappa shape index (κ2) is 11.7. The summed E-state index contributed by atoms with van der Waals surface area (Å²) in [5.74, 6) is 0.656. The number of amides is 1. The number of aromatic nitrogens is 2. The standard InChI is InChI=1S/C31H25ClN4O3/c1-35(21-22-9-4-2-5-10-22)30(37)23-11-8-12-25(19-23)34-29-28(39-27-13-6-3-7-14-27)20-33-36(31(29)38)26-17-15-24(32)16-18-26/h2-20,34H,21H2,1H3. The van der Waals surface area contributed by atoms with Gasteiger partial charge >= 0.3 is 0 Å². The smallest absolute Gasteiger partial charge is 0.299 e. The van der Waals surface area contributed by atoms with Gasteiger partial charge < -0.3 is 15.0 Å². The zero-order valence-electron chi connectivity index (χ0n) is 21.1. The predicted molar refractivity (Wildman–Crippen MR) is 153 cm³/mol. The lowest BCUT2D eigenvalue weighted by atomic mass is 10.1. The molecule has 0 fully saturated rings. The first kappa shape index (κ1) is 25.8. The normalized spacial score (nSPS) is 10.6. The summed E-state index contributed by atoms with van der Waals surface area (Å²) in [7, 11) is 1.76. The van der Waals surface area contributed by atoms with E-state index in [0.717, 1.165) is 5.56 Å². The predicted octanol–water partition coefficient (Wildman–Crippen LogP) is 6.69. The van der Waals surface area contributed by atoms with Crippen LogP contribution in [0.3, 0.4) is 0 Å². The van der Waals surface area contributed by atoms with E-state index < -0.39 is 5.56 Å². The van der Waals surface area contributed by atoms with Crippen LogP contribution in [-0.2, 0) is 6.54 Å². The van der Waals surface area contributed by atoms with Gasteiger partial charge in [0.1, 0.15) is 5.75 Å². The van der Waals surface area contributed by atoms with Gasteiger partial charge in [-0.05, 0) is 60.2 Å². The summed E-state index contributed by atoms with van der Waals surface area (Å²) >= 11 is 6.03. The van der Waals surface area contributed by atoms with Crippen LogP contribution in [0.15, 0.2) is 120 Å². The molecule has 194 valence electrons. The Labute approximate surface area is 230 Å². The van der Waals surface area contributed by atoms with E-state index in [4.69, 9.17) is 16.3 Å². The molecule has 0 aliphatic heterocycles. The first-order valence-corrected chi connectivity index (χ1v) is 12.6. The van der Waals surface area contributed by atoms with Gasteiger partial charge in [-0.3, -0.25) is 9.59 Å². The van der Waals surface area contributed by atoms with Gasteiger partial charge in [-0.1, -0.05) is 66.2 Å². The van der Waals surface area contributed by atoms with Crippen molar-refractivity contribution in [2.75, 3.05) is 12.4 Å². The number of carbonyl (C=O) groups excluding carboxylic acids is 1. The number of para-hydroxylation sites is 1. The molecule has 4 aromatic carbocycles. The van der Waals surface area contributed by atoms with Crippen LogP contribution in [0.5, 0.6) is 11.5 Å². The Morgan fingerprint density at radius 3 is 2.33 bits per heavy atom. The maximum absolute atomic E-state index is 13.6. The van der Waals surface area contributed by atoms with Gasteiger partial charge in [0.05, 0.1) is 11.9 Å². The number of benzene rings is 4. The van der Waals surface area contributed by atoms with E-state index >= 15 is 0 Å². The van der Waals surface area contributed by atoms with Gasteiger partial charge in [0.25, 0.3) is 11.5 Å². The largest absolute Gasteiger partial charge is 0.453 e. The van der Waals surface area contributed by atoms with E-state index in [-0.39, 0.29) is 17.3 Å². The van der Waals surface area contributed by atoms with Crippen molar-refractivity contribution >= 4 is 28.9 Å². The van der Waals surface area contributed by atoms with Crippen molar-refractivity contribution in [1.82, 2.24) is 14.7 Å². The van der Waals surface area contributed by atoms with E-state index in [9.17, 15) is 9.59 Å². The first-order valence-electron chi connectivity index (χ1n) is 12.3. The van der Waals surface area contributed by atoms with Crippen LogP contribution in [0.1, 0.15) is 15.9 Å². The fourth-order valence-electron chi connectivity index (χ4n) is 4.04. The van der Waals surface area contributed by atoms with Crippen LogP contribution in [0.4, 0.5) is 11.4 Å². The minimum Gasteiger partial charge on any atom is -0.453 e. The van der Waals surface area contributed by atoms with Crippen LogP contribution in [-0.4, -0.2) is 27.6 Å². The SMILES string of the molecule is CN(Cc1ccccc1)C(=O)c1cccc(Nc2c(Oc3ccccc3)cnn(-c3ccc(Cl)cc3)c2=O)c1. The Morgan fingerprint density at radius 1 is 0.923 bits per heavy atom. The number of halogens is 1. The van der Waals surface area contributed by atoms with Gasteiger partial charge in [-0.15, -0.1) is 0 Å². The highest BCUT2D eigenvalue weighted by Crippen LogP contribution is 2.29. The number of nitrogens with zero attached hydrogens (tertiary/aromatic N) is 3. The van der Waals surface area contributed by atoms with Crippen molar-refractivity contribution in [3.05, 3.63) is 142 Å². The maximum Gasteiger partial charge on any atom is 0.299 e. The van der Waals surface area contributed by atoms with Gasteiger partial charge in [0.15, 0.2) is 11.4 Å². The molecule has 1 aromatic heterocycles. The number of carbonyl (C=O) groups is 1. The van der Waals surface area contributed by atoms with E-state index in [2.05, 4.69) is 10.4 Å². The molecular formula is C31H25ClN4O3. The minimum atomic E-state index is -0.427. The van der Waals surface area contributed by atoms with Gasteiger partial charge in [-0.2, -0.15) is 9.78 Å². The van der Waals surface area contributed by atoms with Crippen LogP contribution >= 0.6 is 11.6 Å². The summed E-state index contributed by atoms with van der Waals surface area (Å²) in [5, 5.41) is 8.04. The third-order valence-electron chi connectivity index (χ3n) is 5.97. The summed E-state index contributed by atoms with van der Waals surface area (Å²) in [5.41, 5.74) is 2.36. The molecule has 5 aromatic rings. The molecule has 0 atom stereocenters. The maximum atomic E-state index is 13.6. The molecule has 5 rings (SSSR count). The molecule has 0 spiro atoms. The van der Waals surface area contributed by atoms with Gasteiger partial charge in [-0.25, -0.2) is 0 Å². The molecule has 1 N–H and O–H groups in total. The highest BCUT2D eigenvalue weighted by molar-refractivity contribution is 6.30. The summed E-state index contributed by atoms with van der Waals surface area (Å²) in [6.07, 6.45) is 1.48. The fraction of sp³-hybridized carbons (Fsp3) is 0.0645. The highest BCUT2D eigenvalue weighted by atomic mass is 35.5. The van der Waals surface area contributed by atoms with E-state index in [1.165, 1.54) is 10.9 Å². The Hall–Kier alpha value is -4.88. The zero-order chi connectivity index (χ0) is 27.2. The molecule has 0 aliphatic carbocycles. The van der Waals surface area contributed by atoms with Gasteiger partial charge in [0.2, 0.25) is 0 Å². The Kier molecular flexibility index (Phi) is 7.70. The van der Waals surface area contributed by atoms with Crippen LogP contribution in [0, 0.1) is 0 Å². The number of rotatable bonds is 8. The van der Waals surface area contributed by atoms with E-state index in [0.29, 0.717) is 34.3 Å². The topological polar surface area (TPSA) is 76.5 Å². The Morgan fingerprint density at radius 2 is 1.62 bits per heavy atom. The van der Waals surface area contributed by atoms with Gasteiger partial charge in [0, 0.05) is 29.9 Å². The van der Waals surface area contributed by atoms with Crippen LogP contribution in [0.2, 0.25) is 5.02 Å². The van der Waals surface area contributed by atoms with Crippen molar-refractivity contribution in [3.8, 4) is 17.2 Å². The van der Waals surface area contributed by atoms with Crippen molar-refractivity contribution < 1.29 is 9.53 Å². The Balaban J connectivity index is 1.47. The number of hydrogen-bond acceptors (Lipinski definition) is 5.